The summed E-state index contributed by atoms with van der Waals surface area (Å²) >= 11 is 3.17. The maximum atomic E-state index is 11.7. The van der Waals surface area contributed by atoms with E-state index in [2.05, 4.69) is 43.2 Å². The second-order valence-corrected chi connectivity index (χ2v) is 10.7. The number of anilines is 1. The number of hydrogen-bond donors (Lipinski definition) is 3. The number of carbonyl (C=O) groups excluding carboxylic acids is 1. The molecular formula is C26H40BrN5O5. The van der Waals surface area contributed by atoms with E-state index in [0.29, 0.717) is 19.0 Å². The number of amides is 1. The van der Waals surface area contributed by atoms with E-state index in [4.69, 9.17) is 0 Å². The Bertz CT molecular complexity index is 847. The first-order valence-electron chi connectivity index (χ1n) is 13.1. The van der Waals surface area contributed by atoms with Crippen LogP contribution in [0.3, 0.4) is 0 Å². The smallest absolute Gasteiger partial charge is 0.317 e. The molecule has 10 nitrogen and oxygen atoms in total. The van der Waals surface area contributed by atoms with Crippen molar-refractivity contribution in [1.82, 2.24) is 19.6 Å². The van der Waals surface area contributed by atoms with Gasteiger partial charge in [0.2, 0.25) is 5.91 Å². The summed E-state index contributed by atoms with van der Waals surface area (Å²) in [6.07, 6.45) is 2.65. The summed E-state index contributed by atoms with van der Waals surface area (Å²) in [7, 11) is 0. The standard InChI is InChI=1S/C26H40BrN5O5/c27-16-24(33)28-23-5-3-21(4-6-23)15-22-17-29-7-1-9-31(19-25(34)35)13-12-30(18-22)8-2-10-32(14-11-29)20-26(36)37/h3-6,22H,1-2,7-20H2,(H,28,33)(H,34,35)(H,36,37). The van der Waals surface area contributed by atoms with Crippen LogP contribution >= 0.6 is 15.9 Å². The lowest BCUT2D eigenvalue weighted by atomic mass is 9.97. The molecule has 0 spiro atoms. The number of carboxylic acids is 2. The number of alkyl halides is 1. The highest BCUT2D eigenvalue weighted by Gasteiger charge is 2.24. The molecule has 1 amide bonds. The van der Waals surface area contributed by atoms with Crippen LogP contribution in [0.2, 0.25) is 0 Å². The Morgan fingerprint density at radius 3 is 1.76 bits per heavy atom. The molecule has 2 aliphatic rings. The van der Waals surface area contributed by atoms with Gasteiger partial charge in [0, 0.05) is 58.0 Å². The average molecular weight is 583 g/mol. The first-order chi connectivity index (χ1) is 17.8. The van der Waals surface area contributed by atoms with E-state index in [-0.39, 0.29) is 24.3 Å². The minimum Gasteiger partial charge on any atom is -0.480 e. The number of aliphatic carboxylic acids is 2. The maximum absolute atomic E-state index is 11.7. The van der Waals surface area contributed by atoms with Gasteiger partial charge in [0.15, 0.2) is 0 Å². The van der Waals surface area contributed by atoms with Crippen molar-refractivity contribution in [3.05, 3.63) is 29.8 Å². The number of carboxylic acid groups (broad SMARTS) is 2. The molecule has 2 bridgehead atoms. The van der Waals surface area contributed by atoms with E-state index in [1.54, 1.807) is 0 Å². The first kappa shape index (κ1) is 29.5. The molecule has 0 saturated carbocycles. The number of nitrogens with zero attached hydrogens (tertiary/aromatic N) is 4. The quantitative estimate of drug-likeness (QED) is 0.391. The molecule has 0 radical (unpaired) electrons. The minimum atomic E-state index is -0.794. The first-order valence-corrected chi connectivity index (χ1v) is 14.2. The van der Waals surface area contributed by atoms with Gasteiger partial charge in [-0.3, -0.25) is 24.2 Å². The van der Waals surface area contributed by atoms with Crippen LogP contribution in [0.4, 0.5) is 5.69 Å². The highest BCUT2D eigenvalue weighted by Crippen LogP contribution is 2.18. The van der Waals surface area contributed by atoms with Crippen LogP contribution in [0.15, 0.2) is 24.3 Å². The summed E-state index contributed by atoms with van der Waals surface area (Å²) in [5.41, 5.74) is 1.99. The summed E-state index contributed by atoms with van der Waals surface area (Å²) in [5, 5.41) is 21.9. The number of fused-ring (bicyclic) bond motifs is 4. The number of hydrogen-bond acceptors (Lipinski definition) is 7. The fourth-order valence-corrected chi connectivity index (χ4v) is 5.42. The lowest BCUT2D eigenvalue weighted by Crippen LogP contribution is -2.41. The molecule has 0 aliphatic carbocycles. The number of carbonyl (C=O) groups is 3. The van der Waals surface area contributed by atoms with E-state index in [9.17, 15) is 24.6 Å². The summed E-state index contributed by atoms with van der Waals surface area (Å²) in [5.74, 6) is -1.29. The lowest BCUT2D eigenvalue weighted by molar-refractivity contribution is -0.139. The molecule has 0 aromatic heterocycles. The van der Waals surface area contributed by atoms with Crippen molar-refractivity contribution in [2.24, 2.45) is 5.92 Å². The Kier molecular flexibility index (Phi) is 12.3. The van der Waals surface area contributed by atoms with Crippen molar-refractivity contribution < 1.29 is 24.6 Å². The van der Waals surface area contributed by atoms with Gasteiger partial charge in [-0.25, -0.2) is 0 Å². The fraction of sp³-hybridized carbons (Fsp3) is 0.654. The predicted molar refractivity (Wildman–Crippen MR) is 146 cm³/mol. The van der Waals surface area contributed by atoms with Crippen LogP contribution in [-0.2, 0) is 20.8 Å². The van der Waals surface area contributed by atoms with Gasteiger partial charge >= 0.3 is 11.9 Å². The molecule has 2 fully saturated rings. The van der Waals surface area contributed by atoms with Crippen LogP contribution in [0.1, 0.15) is 18.4 Å². The molecule has 1 aromatic carbocycles. The molecule has 2 saturated heterocycles. The molecule has 206 valence electrons. The van der Waals surface area contributed by atoms with Gasteiger partial charge < -0.3 is 25.3 Å². The highest BCUT2D eigenvalue weighted by atomic mass is 79.9. The molecule has 37 heavy (non-hydrogen) atoms. The molecule has 2 aliphatic heterocycles. The normalized spacial score (nSPS) is 24.6. The molecule has 2 unspecified atom stereocenters. The average Bonchev–Trinajstić information content (AvgIpc) is 2.90. The van der Waals surface area contributed by atoms with E-state index in [0.717, 1.165) is 77.3 Å². The molecule has 2 heterocycles. The van der Waals surface area contributed by atoms with Crippen molar-refractivity contribution in [2.75, 3.05) is 89.2 Å². The maximum Gasteiger partial charge on any atom is 0.317 e. The zero-order chi connectivity index (χ0) is 26.6. The Morgan fingerprint density at radius 1 is 0.784 bits per heavy atom. The Morgan fingerprint density at radius 2 is 1.30 bits per heavy atom. The molecule has 11 heteroatoms. The van der Waals surface area contributed by atoms with Crippen LogP contribution in [-0.4, -0.2) is 132 Å². The third kappa shape index (κ3) is 11.1. The largest absolute Gasteiger partial charge is 0.480 e. The van der Waals surface area contributed by atoms with Gasteiger partial charge in [0.25, 0.3) is 0 Å². The van der Waals surface area contributed by atoms with Gasteiger partial charge in [0.05, 0.1) is 18.4 Å². The topological polar surface area (TPSA) is 117 Å². The van der Waals surface area contributed by atoms with Crippen molar-refractivity contribution in [3.8, 4) is 0 Å². The van der Waals surface area contributed by atoms with Gasteiger partial charge in [-0.2, -0.15) is 0 Å². The van der Waals surface area contributed by atoms with Gasteiger partial charge in [-0.15, -0.1) is 0 Å². The summed E-state index contributed by atoms with van der Waals surface area (Å²) in [6, 6.07) is 8.03. The third-order valence-electron chi connectivity index (χ3n) is 7.00. The third-order valence-corrected chi connectivity index (χ3v) is 7.51. The summed E-state index contributed by atoms with van der Waals surface area (Å²) in [4.78, 5) is 43.4. The SMILES string of the molecule is O=C(O)CN1CCCN2CCN(CC(=O)O)CCCN(CC1)CC(Cc1ccc(NC(=O)CBr)cc1)C2. The summed E-state index contributed by atoms with van der Waals surface area (Å²) in [6.45, 7) is 8.10. The number of benzene rings is 1. The van der Waals surface area contributed by atoms with Crippen LogP contribution in [0.25, 0.3) is 0 Å². The number of halogens is 1. The van der Waals surface area contributed by atoms with E-state index >= 15 is 0 Å². The molecule has 2 atom stereocenters. The van der Waals surface area contributed by atoms with Crippen molar-refractivity contribution >= 4 is 39.5 Å². The summed E-state index contributed by atoms with van der Waals surface area (Å²) < 4.78 is 0. The zero-order valence-electron chi connectivity index (χ0n) is 21.5. The fourth-order valence-electron chi connectivity index (χ4n) is 5.28. The number of rotatable bonds is 8. The van der Waals surface area contributed by atoms with Crippen molar-refractivity contribution in [2.45, 2.75) is 19.3 Å². The Hall–Kier alpha value is -2.05. The van der Waals surface area contributed by atoms with Gasteiger partial charge in [-0.05, 0) is 56.0 Å². The molecular weight excluding hydrogens is 542 g/mol. The van der Waals surface area contributed by atoms with E-state index in [1.165, 1.54) is 5.56 Å². The monoisotopic (exact) mass is 581 g/mol. The van der Waals surface area contributed by atoms with Crippen molar-refractivity contribution in [1.29, 1.82) is 0 Å². The lowest BCUT2D eigenvalue weighted by Gasteiger charge is -2.31. The molecule has 1 aromatic rings. The van der Waals surface area contributed by atoms with Gasteiger partial charge in [0.1, 0.15) is 0 Å². The zero-order valence-corrected chi connectivity index (χ0v) is 23.1. The van der Waals surface area contributed by atoms with E-state index < -0.39 is 11.9 Å². The predicted octanol–water partition coefficient (Wildman–Crippen LogP) is 1.36. The highest BCUT2D eigenvalue weighted by molar-refractivity contribution is 9.09. The van der Waals surface area contributed by atoms with Crippen LogP contribution < -0.4 is 5.32 Å². The second kappa shape index (κ2) is 15.4. The molecule has 3 rings (SSSR count). The van der Waals surface area contributed by atoms with Gasteiger partial charge in [-0.1, -0.05) is 28.1 Å². The molecule has 3 N–H and O–H groups in total. The Labute approximate surface area is 227 Å². The van der Waals surface area contributed by atoms with Crippen LogP contribution in [0, 0.1) is 5.92 Å². The van der Waals surface area contributed by atoms with Crippen molar-refractivity contribution in [3.63, 3.8) is 0 Å². The number of nitrogens with one attached hydrogen (secondary N) is 1. The second-order valence-electron chi connectivity index (χ2n) is 10.1. The Balaban J connectivity index is 1.77. The van der Waals surface area contributed by atoms with Crippen LogP contribution in [0.5, 0.6) is 0 Å². The minimum absolute atomic E-state index is 0.0572. The van der Waals surface area contributed by atoms with E-state index in [1.807, 2.05) is 21.9 Å².